The van der Waals surface area contributed by atoms with Crippen molar-refractivity contribution in [1.82, 2.24) is 9.88 Å². The topological polar surface area (TPSA) is 59.2 Å². The van der Waals surface area contributed by atoms with Gasteiger partial charge in [-0.25, -0.2) is 0 Å². The Hall–Kier alpha value is -2.46. The molecule has 0 spiro atoms. The highest BCUT2D eigenvalue weighted by atomic mass is 16.1. The number of piperidine rings is 1. The number of hydrogen-bond donors (Lipinski definition) is 1. The van der Waals surface area contributed by atoms with Crippen LogP contribution in [0.25, 0.3) is 16.7 Å². The van der Waals surface area contributed by atoms with E-state index in [0.717, 1.165) is 61.0 Å². The Morgan fingerprint density at radius 2 is 1.90 bits per heavy atom. The molecule has 4 rings (SSSR count). The van der Waals surface area contributed by atoms with Gasteiger partial charge in [0.15, 0.2) is 5.78 Å². The normalized spacial score (nSPS) is 17.6. The third-order valence-electron chi connectivity index (χ3n) is 6.84. The molecule has 2 N–H and O–H groups in total. The average molecular weight is 418 g/mol. The maximum absolute atomic E-state index is 12.7. The number of Topliss-reactive ketones (excluding diaryl/α,β-unsaturated/α-hetero) is 1. The lowest BCUT2D eigenvalue weighted by molar-refractivity contribution is -0.113. The van der Waals surface area contributed by atoms with Crippen molar-refractivity contribution in [3.8, 4) is 11.1 Å². The Balaban J connectivity index is 1.45. The smallest absolute Gasteiger partial charge is 0.162 e. The first kappa shape index (κ1) is 21.8. The lowest BCUT2D eigenvalue weighted by Crippen LogP contribution is -2.32. The molecule has 1 saturated carbocycles. The van der Waals surface area contributed by atoms with Crippen LogP contribution in [0.5, 0.6) is 0 Å². The maximum Gasteiger partial charge on any atom is 0.162 e. The van der Waals surface area contributed by atoms with Crippen molar-refractivity contribution in [2.75, 3.05) is 18.8 Å². The van der Waals surface area contributed by atoms with E-state index in [-0.39, 0.29) is 5.78 Å². The molecule has 0 radical (unpaired) electrons. The average Bonchev–Trinajstić information content (AvgIpc) is 3.60. The zero-order valence-electron chi connectivity index (χ0n) is 18.8. The van der Waals surface area contributed by atoms with Crippen molar-refractivity contribution in [3.63, 3.8) is 0 Å². The minimum absolute atomic E-state index is 0.107. The van der Waals surface area contributed by atoms with E-state index in [0.29, 0.717) is 17.7 Å². The first-order chi connectivity index (χ1) is 15.0. The zero-order chi connectivity index (χ0) is 21.8. The van der Waals surface area contributed by atoms with Gasteiger partial charge < -0.3 is 5.73 Å². The van der Waals surface area contributed by atoms with E-state index in [4.69, 9.17) is 5.73 Å². The van der Waals surface area contributed by atoms with Crippen LogP contribution in [0, 0.1) is 11.8 Å². The molecule has 2 aliphatic rings. The summed E-state index contributed by atoms with van der Waals surface area (Å²) in [6.07, 6.45) is 11.7. The summed E-state index contributed by atoms with van der Waals surface area (Å²) in [5.41, 5.74) is 11.4. The van der Waals surface area contributed by atoms with Gasteiger partial charge >= 0.3 is 0 Å². The number of nitrogens with two attached hydrogens (primary N) is 1. The van der Waals surface area contributed by atoms with Crippen LogP contribution in [0.15, 0.2) is 43.2 Å². The lowest BCUT2D eigenvalue weighted by atomic mass is 9.94. The summed E-state index contributed by atoms with van der Waals surface area (Å²) in [6.45, 7) is 9.66. The molecule has 2 fully saturated rings. The number of hydrogen-bond acceptors (Lipinski definition) is 4. The summed E-state index contributed by atoms with van der Waals surface area (Å²) in [4.78, 5) is 19.7. The number of nitrogens with zero attached hydrogens (tertiary/aromatic N) is 2. The monoisotopic (exact) mass is 417 g/mol. The number of ketones is 1. The lowest BCUT2D eigenvalue weighted by Gasteiger charge is -2.30. The van der Waals surface area contributed by atoms with Gasteiger partial charge in [-0.3, -0.25) is 14.7 Å². The molecule has 2 heterocycles. The Labute approximate surface area is 186 Å². The molecule has 0 bridgehead atoms. The highest BCUT2D eigenvalue weighted by molar-refractivity contribution is 6.21. The summed E-state index contributed by atoms with van der Waals surface area (Å²) in [6, 6.07) is 8.10. The van der Waals surface area contributed by atoms with Gasteiger partial charge in [0, 0.05) is 47.7 Å². The van der Waals surface area contributed by atoms with E-state index in [9.17, 15) is 4.79 Å². The minimum Gasteiger partial charge on any atom is -0.398 e. The van der Waals surface area contributed by atoms with Crippen LogP contribution in [0.4, 0.5) is 5.69 Å². The minimum atomic E-state index is 0.107. The molecule has 1 aromatic carbocycles. The van der Waals surface area contributed by atoms with Gasteiger partial charge in [0.2, 0.25) is 0 Å². The van der Waals surface area contributed by atoms with Crippen molar-refractivity contribution < 1.29 is 4.79 Å². The summed E-state index contributed by atoms with van der Waals surface area (Å²) >= 11 is 0. The van der Waals surface area contributed by atoms with E-state index >= 15 is 0 Å². The fraction of sp³-hybridized carbons (Fsp3) is 0.481. The van der Waals surface area contributed by atoms with Gasteiger partial charge in [0.25, 0.3) is 0 Å². The fourth-order valence-corrected chi connectivity index (χ4v) is 4.47. The second-order valence-electron chi connectivity index (χ2n) is 9.58. The standard InChI is InChI=1S/C27H35N3O/c1-19-10-12-30(13-11-19)18-22-14-24(17-29-16-22)23-8-9-26(28)25(15-23)20(2)27(31)5-3-4-21-6-7-21/h8-9,14-17,19,21H,2-7,10-13,18,28H2,1H3. The Bertz CT molecular complexity index is 939. The summed E-state index contributed by atoms with van der Waals surface area (Å²) in [5, 5.41) is 0. The quantitative estimate of drug-likeness (QED) is 0.418. The van der Waals surface area contributed by atoms with Crippen molar-refractivity contribution in [2.45, 2.75) is 58.4 Å². The number of likely N-dealkylation sites (tertiary alicyclic amines) is 1. The number of allylic oxidation sites excluding steroid dienone is 1. The molecular formula is C27H35N3O. The van der Waals surface area contributed by atoms with E-state index in [1.54, 1.807) is 0 Å². The number of benzene rings is 1. The molecule has 4 heteroatoms. The molecular weight excluding hydrogens is 382 g/mol. The molecule has 31 heavy (non-hydrogen) atoms. The number of carbonyl (C=O) groups excluding carboxylic acids is 1. The van der Waals surface area contributed by atoms with Gasteiger partial charge in [-0.1, -0.05) is 38.8 Å². The van der Waals surface area contributed by atoms with E-state index in [1.165, 1.54) is 31.2 Å². The van der Waals surface area contributed by atoms with Gasteiger partial charge in [0.1, 0.15) is 0 Å². The van der Waals surface area contributed by atoms with E-state index in [2.05, 4.69) is 29.5 Å². The second-order valence-corrected chi connectivity index (χ2v) is 9.58. The first-order valence-electron chi connectivity index (χ1n) is 11.8. The van der Waals surface area contributed by atoms with E-state index in [1.807, 2.05) is 30.6 Å². The third kappa shape index (κ3) is 5.82. The number of pyridine rings is 1. The second kappa shape index (κ2) is 9.78. The van der Waals surface area contributed by atoms with Gasteiger partial charge in [-0.2, -0.15) is 0 Å². The Morgan fingerprint density at radius 3 is 2.65 bits per heavy atom. The third-order valence-corrected chi connectivity index (χ3v) is 6.84. The highest BCUT2D eigenvalue weighted by Gasteiger charge is 2.21. The van der Waals surface area contributed by atoms with Crippen LogP contribution in [-0.4, -0.2) is 28.8 Å². The molecule has 164 valence electrons. The van der Waals surface area contributed by atoms with Crippen LogP contribution in [0.2, 0.25) is 0 Å². The maximum atomic E-state index is 12.7. The molecule has 0 atom stereocenters. The van der Waals surface area contributed by atoms with Crippen LogP contribution < -0.4 is 5.73 Å². The van der Waals surface area contributed by atoms with Crippen molar-refractivity contribution in [1.29, 1.82) is 0 Å². The predicted molar refractivity (Wildman–Crippen MR) is 128 cm³/mol. The Morgan fingerprint density at radius 1 is 1.13 bits per heavy atom. The molecule has 1 aliphatic heterocycles. The predicted octanol–water partition coefficient (Wildman–Crippen LogP) is 5.73. The van der Waals surface area contributed by atoms with Crippen molar-refractivity contribution in [2.24, 2.45) is 11.8 Å². The van der Waals surface area contributed by atoms with Crippen LogP contribution in [0.3, 0.4) is 0 Å². The molecule has 4 nitrogen and oxygen atoms in total. The van der Waals surface area contributed by atoms with E-state index < -0.39 is 0 Å². The highest BCUT2D eigenvalue weighted by Crippen LogP contribution is 2.35. The SMILES string of the molecule is C=C(C(=O)CCCC1CC1)c1cc(-c2cncc(CN3CCC(C)CC3)c2)ccc1N. The van der Waals surface area contributed by atoms with Gasteiger partial charge in [0.05, 0.1) is 0 Å². The number of nitrogen functional groups attached to an aromatic ring is 1. The first-order valence-corrected chi connectivity index (χ1v) is 11.8. The Kier molecular flexibility index (Phi) is 6.86. The number of anilines is 1. The summed E-state index contributed by atoms with van der Waals surface area (Å²) < 4.78 is 0. The van der Waals surface area contributed by atoms with Crippen molar-refractivity contribution >= 4 is 17.0 Å². The molecule has 1 saturated heterocycles. The van der Waals surface area contributed by atoms with Crippen LogP contribution in [-0.2, 0) is 11.3 Å². The van der Waals surface area contributed by atoms with Crippen molar-refractivity contribution in [3.05, 3.63) is 54.4 Å². The summed E-state index contributed by atoms with van der Waals surface area (Å²) in [7, 11) is 0. The molecule has 1 aliphatic carbocycles. The number of rotatable bonds is 9. The summed E-state index contributed by atoms with van der Waals surface area (Å²) in [5.74, 6) is 1.79. The van der Waals surface area contributed by atoms with Crippen LogP contribution >= 0.6 is 0 Å². The largest absolute Gasteiger partial charge is 0.398 e. The fourth-order valence-electron chi connectivity index (χ4n) is 4.47. The van der Waals surface area contributed by atoms with Crippen LogP contribution in [0.1, 0.15) is 63.0 Å². The molecule has 0 amide bonds. The van der Waals surface area contributed by atoms with Gasteiger partial charge in [-0.05, 0) is 73.5 Å². The van der Waals surface area contributed by atoms with Gasteiger partial charge in [-0.15, -0.1) is 0 Å². The molecule has 0 unspecified atom stereocenters. The zero-order valence-corrected chi connectivity index (χ0v) is 18.8. The molecule has 1 aromatic heterocycles. The number of carbonyl (C=O) groups is 1. The molecule has 2 aromatic rings. The number of aromatic nitrogens is 1.